The fraction of sp³-hybridized carbons (Fsp3) is 0.619. The zero-order valence-electron chi connectivity index (χ0n) is 16.9. The van der Waals surface area contributed by atoms with Gasteiger partial charge in [-0.15, -0.1) is 0 Å². The number of pyridine rings is 2. The molecule has 4 heterocycles. The standard InChI is InChI=1S/C19H27N5.C2H6/c1-14(2)22-6-8-23(9-7-22)17-12-24(13-17)16-10-19-18(20-11-16)5-4-15(3)21-19;1-2/h4-5,10-11,14,17H,6-9,12-13H2,1-3H3;1-2H3. The van der Waals surface area contributed by atoms with E-state index in [-0.39, 0.29) is 0 Å². The van der Waals surface area contributed by atoms with Crippen molar-refractivity contribution in [1.29, 1.82) is 0 Å². The quantitative estimate of drug-likeness (QED) is 0.845. The Kier molecular flexibility index (Phi) is 6.09. The highest BCUT2D eigenvalue weighted by atomic mass is 15.4. The van der Waals surface area contributed by atoms with E-state index in [1.54, 1.807) is 0 Å². The van der Waals surface area contributed by atoms with E-state index in [0.717, 1.165) is 29.8 Å². The van der Waals surface area contributed by atoms with Crippen molar-refractivity contribution < 1.29 is 0 Å². The fourth-order valence-electron chi connectivity index (χ4n) is 3.79. The SMILES string of the molecule is CC.Cc1ccc2ncc(N3CC(N4CCN(C(C)C)CC4)C3)cc2n1. The normalized spacial score (nSPS) is 19.4. The van der Waals surface area contributed by atoms with Gasteiger partial charge in [0.15, 0.2) is 0 Å². The first-order chi connectivity index (χ1) is 12.6. The molecule has 2 aliphatic heterocycles. The molecule has 0 saturated carbocycles. The third-order valence-electron chi connectivity index (χ3n) is 5.49. The summed E-state index contributed by atoms with van der Waals surface area (Å²) < 4.78 is 0. The molecular formula is C21H33N5. The van der Waals surface area contributed by atoms with Crippen molar-refractivity contribution in [3.05, 3.63) is 30.1 Å². The Labute approximate surface area is 158 Å². The second-order valence-corrected chi connectivity index (χ2v) is 7.41. The lowest BCUT2D eigenvalue weighted by Gasteiger charge is -2.49. The molecule has 0 N–H and O–H groups in total. The largest absolute Gasteiger partial charge is 0.367 e. The molecule has 2 saturated heterocycles. The average molecular weight is 356 g/mol. The Morgan fingerprint density at radius 3 is 2.35 bits per heavy atom. The van der Waals surface area contributed by atoms with Crippen molar-refractivity contribution in [1.82, 2.24) is 19.8 Å². The molecule has 26 heavy (non-hydrogen) atoms. The maximum absolute atomic E-state index is 4.61. The number of anilines is 1. The number of nitrogens with zero attached hydrogens (tertiary/aromatic N) is 5. The van der Waals surface area contributed by atoms with Gasteiger partial charge in [-0.1, -0.05) is 13.8 Å². The number of hydrogen-bond donors (Lipinski definition) is 0. The maximum Gasteiger partial charge on any atom is 0.0910 e. The van der Waals surface area contributed by atoms with Crippen LogP contribution in [-0.4, -0.2) is 71.1 Å². The highest BCUT2D eigenvalue weighted by Gasteiger charge is 2.34. The first-order valence-electron chi connectivity index (χ1n) is 10.1. The van der Waals surface area contributed by atoms with E-state index < -0.39 is 0 Å². The van der Waals surface area contributed by atoms with Crippen LogP contribution in [0.25, 0.3) is 11.0 Å². The van der Waals surface area contributed by atoms with Crippen molar-refractivity contribution in [3.63, 3.8) is 0 Å². The monoisotopic (exact) mass is 355 g/mol. The molecule has 2 aliphatic rings. The van der Waals surface area contributed by atoms with Gasteiger partial charge in [0, 0.05) is 57.0 Å². The fourth-order valence-corrected chi connectivity index (χ4v) is 3.79. The second kappa shape index (κ2) is 8.31. The lowest BCUT2D eigenvalue weighted by molar-refractivity contribution is 0.0678. The number of hydrogen-bond acceptors (Lipinski definition) is 5. The molecule has 5 heteroatoms. The van der Waals surface area contributed by atoms with Crippen LogP contribution in [-0.2, 0) is 0 Å². The number of aryl methyl sites for hydroxylation is 1. The molecule has 0 amide bonds. The zero-order valence-corrected chi connectivity index (χ0v) is 16.9. The minimum Gasteiger partial charge on any atom is -0.367 e. The summed E-state index contributed by atoms with van der Waals surface area (Å²) in [6.07, 6.45) is 1.99. The summed E-state index contributed by atoms with van der Waals surface area (Å²) >= 11 is 0. The van der Waals surface area contributed by atoms with Gasteiger partial charge >= 0.3 is 0 Å². The van der Waals surface area contributed by atoms with Crippen LogP contribution in [0.3, 0.4) is 0 Å². The Balaban J connectivity index is 0.000000948. The lowest BCUT2D eigenvalue weighted by atomic mass is 10.0. The summed E-state index contributed by atoms with van der Waals surface area (Å²) in [5.74, 6) is 0. The van der Waals surface area contributed by atoms with E-state index in [1.165, 1.54) is 31.9 Å². The smallest absolute Gasteiger partial charge is 0.0910 e. The third kappa shape index (κ3) is 3.99. The zero-order chi connectivity index (χ0) is 18.7. The van der Waals surface area contributed by atoms with Crippen molar-refractivity contribution in [3.8, 4) is 0 Å². The van der Waals surface area contributed by atoms with Gasteiger partial charge < -0.3 is 4.90 Å². The Morgan fingerprint density at radius 2 is 1.69 bits per heavy atom. The molecule has 0 aromatic carbocycles. The molecule has 5 nitrogen and oxygen atoms in total. The molecule has 142 valence electrons. The van der Waals surface area contributed by atoms with E-state index in [0.29, 0.717) is 12.1 Å². The van der Waals surface area contributed by atoms with Crippen molar-refractivity contribution in [2.45, 2.75) is 46.7 Å². The van der Waals surface area contributed by atoms with Crippen LogP contribution in [0, 0.1) is 6.92 Å². The van der Waals surface area contributed by atoms with Crippen molar-refractivity contribution in [2.75, 3.05) is 44.2 Å². The van der Waals surface area contributed by atoms with E-state index in [9.17, 15) is 0 Å². The minimum atomic E-state index is 0.671. The van der Waals surface area contributed by atoms with Gasteiger partial charge in [-0.25, -0.2) is 0 Å². The topological polar surface area (TPSA) is 35.5 Å². The molecule has 0 aliphatic carbocycles. The summed E-state index contributed by atoms with van der Waals surface area (Å²) in [6.45, 7) is 17.7. The minimum absolute atomic E-state index is 0.671. The summed E-state index contributed by atoms with van der Waals surface area (Å²) in [6, 6.07) is 7.62. The molecule has 2 fully saturated rings. The Hall–Kier alpha value is -1.72. The predicted molar refractivity (Wildman–Crippen MR) is 110 cm³/mol. The van der Waals surface area contributed by atoms with Crippen LogP contribution in [0.15, 0.2) is 24.4 Å². The maximum atomic E-state index is 4.61. The van der Waals surface area contributed by atoms with Crippen molar-refractivity contribution >= 4 is 16.7 Å². The summed E-state index contributed by atoms with van der Waals surface area (Å²) in [7, 11) is 0. The van der Waals surface area contributed by atoms with Crippen LogP contribution >= 0.6 is 0 Å². The highest BCUT2D eigenvalue weighted by molar-refractivity contribution is 5.78. The van der Waals surface area contributed by atoms with E-state index >= 15 is 0 Å². The Bertz CT molecular complexity index is 715. The molecule has 0 spiro atoms. The van der Waals surface area contributed by atoms with Crippen LogP contribution in [0.2, 0.25) is 0 Å². The van der Waals surface area contributed by atoms with Crippen LogP contribution in [0.4, 0.5) is 5.69 Å². The second-order valence-electron chi connectivity index (χ2n) is 7.41. The number of fused-ring (bicyclic) bond motifs is 1. The van der Waals surface area contributed by atoms with Gasteiger partial charge in [0.2, 0.25) is 0 Å². The van der Waals surface area contributed by atoms with Gasteiger partial charge in [0.05, 0.1) is 22.9 Å². The van der Waals surface area contributed by atoms with Gasteiger partial charge in [-0.05, 0) is 39.0 Å². The van der Waals surface area contributed by atoms with Crippen molar-refractivity contribution in [2.24, 2.45) is 0 Å². The van der Waals surface area contributed by atoms with Gasteiger partial charge in [-0.3, -0.25) is 19.8 Å². The van der Waals surface area contributed by atoms with E-state index in [4.69, 9.17) is 0 Å². The van der Waals surface area contributed by atoms with Crippen LogP contribution in [0.5, 0.6) is 0 Å². The van der Waals surface area contributed by atoms with Gasteiger partial charge in [-0.2, -0.15) is 0 Å². The molecule has 2 aromatic rings. The molecule has 4 rings (SSSR count). The first kappa shape index (κ1) is 19.1. The van der Waals surface area contributed by atoms with E-state index in [1.807, 2.05) is 33.0 Å². The summed E-state index contributed by atoms with van der Waals surface area (Å²) in [5, 5.41) is 0. The summed E-state index contributed by atoms with van der Waals surface area (Å²) in [5.41, 5.74) is 4.23. The first-order valence-corrected chi connectivity index (χ1v) is 10.1. The van der Waals surface area contributed by atoms with Gasteiger partial charge in [0.1, 0.15) is 0 Å². The van der Waals surface area contributed by atoms with Gasteiger partial charge in [0.25, 0.3) is 0 Å². The molecule has 0 bridgehead atoms. The average Bonchev–Trinajstić information content (AvgIpc) is 2.62. The Morgan fingerprint density at radius 1 is 1.00 bits per heavy atom. The van der Waals surface area contributed by atoms with Crippen LogP contribution in [0.1, 0.15) is 33.4 Å². The lowest BCUT2D eigenvalue weighted by Crippen LogP contribution is -2.63. The number of aromatic nitrogens is 2. The predicted octanol–water partition coefficient (Wildman–Crippen LogP) is 3.18. The molecule has 0 unspecified atom stereocenters. The highest BCUT2D eigenvalue weighted by Crippen LogP contribution is 2.26. The number of piperazine rings is 1. The molecule has 0 atom stereocenters. The van der Waals surface area contributed by atoms with Crippen LogP contribution < -0.4 is 4.90 Å². The third-order valence-corrected chi connectivity index (χ3v) is 5.49. The van der Waals surface area contributed by atoms with E-state index in [2.05, 4.69) is 50.6 Å². The summed E-state index contributed by atoms with van der Waals surface area (Å²) in [4.78, 5) is 16.8. The molecule has 2 aromatic heterocycles. The number of rotatable bonds is 3. The molecular weight excluding hydrogens is 322 g/mol. The molecule has 0 radical (unpaired) electrons.